The van der Waals surface area contributed by atoms with Crippen LogP contribution in [0.4, 0.5) is 5.95 Å². The molecule has 1 saturated heterocycles. The average Bonchev–Trinajstić information content (AvgIpc) is 3.08. The van der Waals surface area contributed by atoms with Crippen molar-refractivity contribution in [2.24, 2.45) is 0 Å². The minimum Gasteiger partial charge on any atom is -0.391 e. The maximum Gasteiger partial charge on any atom is 0.220 e. The molecule has 1 aliphatic heterocycles. The summed E-state index contributed by atoms with van der Waals surface area (Å²) in [6, 6.07) is 5.55. The number of halogens is 1. The van der Waals surface area contributed by atoms with E-state index in [9.17, 15) is 5.11 Å². The summed E-state index contributed by atoms with van der Waals surface area (Å²) < 4.78 is 6.60. The Hall–Kier alpha value is -2.26. The number of ether oxygens (including phenoxy) is 1. The number of fused-ring (bicyclic) bond motifs is 1. The van der Waals surface area contributed by atoms with Crippen molar-refractivity contribution in [1.29, 1.82) is 0 Å². The van der Waals surface area contributed by atoms with E-state index in [2.05, 4.69) is 15.1 Å². The Morgan fingerprint density at radius 1 is 1.32 bits per heavy atom. The van der Waals surface area contributed by atoms with Crippen molar-refractivity contribution in [2.75, 3.05) is 18.9 Å². The van der Waals surface area contributed by atoms with E-state index < -0.39 is 5.60 Å². The SMILES string of the molecule is CC(C)(O)c1cccc2c(-c3nc(N)ncc3Cl)cnn12.OC1CCCOC1. The molecule has 1 unspecified atom stereocenters. The van der Waals surface area contributed by atoms with Gasteiger partial charge in [0.2, 0.25) is 5.95 Å². The van der Waals surface area contributed by atoms with Crippen molar-refractivity contribution in [1.82, 2.24) is 19.6 Å². The lowest BCUT2D eigenvalue weighted by Gasteiger charge is -2.18. The fourth-order valence-corrected chi connectivity index (χ4v) is 3.14. The van der Waals surface area contributed by atoms with Gasteiger partial charge in [0.25, 0.3) is 0 Å². The van der Waals surface area contributed by atoms with E-state index in [4.69, 9.17) is 27.2 Å². The molecule has 4 rings (SSSR count). The second kappa shape index (κ2) is 8.40. The smallest absolute Gasteiger partial charge is 0.220 e. The number of aliphatic hydroxyl groups is 2. The Labute approximate surface area is 167 Å². The van der Waals surface area contributed by atoms with Crippen LogP contribution in [0.1, 0.15) is 32.4 Å². The number of pyridine rings is 1. The summed E-state index contributed by atoms with van der Waals surface area (Å²) in [5.74, 6) is 0.146. The van der Waals surface area contributed by atoms with Gasteiger partial charge >= 0.3 is 0 Å². The number of hydrogen-bond acceptors (Lipinski definition) is 7. The van der Waals surface area contributed by atoms with Crippen LogP contribution in [0.5, 0.6) is 0 Å². The largest absolute Gasteiger partial charge is 0.391 e. The van der Waals surface area contributed by atoms with Gasteiger partial charge in [-0.2, -0.15) is 5.10 Å². The molecule has 3 aromatic heterocycles. The highest BCUT2D eigenvalue weighted by molar-refractivity contribution is 6.33. The second-order valence-corrected chi connectivity index (χ2v) is 7.53. The fourth-order valence-electron chi connectivity index (χ4n) is 2.95. The first-order valence-corrected chi connectivity index (χ1v) is 9.39. The zero-order valence-corrected chi connectivity index (χ0v) is 16.6. The van der Waals surface area contributed by atoms with E-state index in [0.717, 1.165) is 30.5 Å². The summed E-state index contributed by atoms with van der Waals surface area (Å²) in [6.07, 6.45) is 4.86. The first-order chi connectivity index (χ1) is 13.3. The maximum absolute atomic E-state index is 10.2. The Bertz CT molecular complexity index is 948. The molecule has 1 atom stereocenters. The Morgan fingerprint density at radius 2 is 2.11 bits per heavy atom. The van der Waals surface area contributed by atoms with Crippen LogP contribution in [0.15, 0.2) is 30.6 Å². The molecule has 0 radical (unpaired) electrons. The molecule has 28 heavy (non-hydrogen) atoms. The van der Waals surface area contributed by atoms with Crippen LogP contribution < -0.4 is 5.73 Å². The van der Waals surface area contributed by atoms with Crippen molar-refractivity contribution >= 4 is 23.1 Å². The zero-order chi connectivity index (χ0) is 20.3. The van der Waals surface area contributed by atoms with Gasteiger partial charge in [0, 0.05) is 12.2 Å². The Balaban J connectivity index is 0.000000271. The number of anilines is 1. The molecule has 8 nitrogen and oxygen atoms in total. The lowest BCUT2D eigenvalue weighted by atomic mass is 10.0. The highest BCUT2D eigenvalue weighted by Gasteiger charge is 2.22. The van der Waals surface area contributed by atoms with Gasteiger partial charge in [0.15, 0.2) is 0 Å². The first kappa shape index (κ1) is 20.5. The van der Waals surface area contributed by atoms with E-state index in [-0.39, 0.29) is 12.1 Å². The lowest BCUT2D eigenvalue weighted by molar-refractivity contribution is -0.00535. The monoisotopic (exact) mass is 405 g/mol. The predicted octanol–water partition coefficient (Wildman–Crippen LogP) is 2.41. The maximum atomic E-state index is 10.2. The van der Waals surface area contributed by atoms with Crippen LogP contribution in [0.3, 0.4) is 0 Å². The van der Waals surface area contributed by atoms with Crippen molar-refractivity contribution in [3.8, 4) is 11.3 Å². The van der Waals surface area contributed by atoms with Gasteiger partial charge < -0.3 is 20.7 Å². The third kappa shape index (κ3) is 4.59. The summed E-state index contributed by atoms with van der Waals surface area (Å²) in [4.78, 5) is 8.03. The summed E-state index contributed by atoms with van der Waals surface area (Å²) in [5.41, 5.74) is 7.33. The van der Waals surface area contributed by atoms with E-state index in [1.165, 1.54) is 6.20 Å². The first-order valence-electron chi connectivity index (χ1n) is 9.01. The number of nitrogen functional groups attached to an aromatic ring is 1. The van der Waals surface area contributed by atoms with Crippen LogP contribution in [0, 0.1) is 0 Å². The molecule has 0 aromatic carbocycles. The minimum absolute atomic E-state index is 0.146. The third-order valence-electron chi connectivity index (χ3n) is 4.32. The standard InChI is InChI=1S/C14H14ClN5O.C5H10O2/c1-14(2,21)11-5-3-4-10-8(6-18-20(10)11)12-9(15)7-17-13(16)19-12;6-5-2-1-3-7-4-5/h3-7,21H,1-2H3,(H2,16,17,19);5-6H,1-4H2. The molecule has 3 aromatic rings. The van der Waals surface area contributed by atoms with Gasteiger partial charge in [-0.3, -0.25) is 0 Å². The average molecular weight is 406 g/mol. The molecule has 150 valence electrons. The topological polar surface area (TPSA) is 119 Å². The van der Waals surface area contributed by atoms with Crippen LogP contribution in [0.25, 0.3) is 16.8 Å². The molecule has 0 saturated carbocycles. The minimum atomic E-state index is -1.02. The quantitative estimate of drug-likeness (QED) is 0.598. The number of aliphatic hydroxyl groups excluding tert-OH is 1. The second-order valence-electron chi connectivity index (χ2n) is 7.12. The van der Waals surface area contributed by atoms with Crippen molar-refractivity contribution in [3.05, 3.63) is 41.3 Å². The normalized spacial score (nSPS) is 17.2. The molecule has 1 aliphatic rings. The summed E-state index contributed by atoms with van der Waals surface area (Å²) in [7, 11) is 0. The number of nitrogens with two attached hydrogens (primary N) is 1. The van der Waals surface area contributed by atoms with Crippen molar-refractivity contribution in [3.63, 3.8) is 0 Å². The third-order valence-corrected chi connectivity index (χ3v) is 4.60. The number of rotatable bonds is 2. The highest BCUT2D eigenvalue weighted by Crippen LogP contribution is 2.31. The van der Waals surface area contributed by atoms with Crippen LogP contribution in [0.2, 0.25) is 5.02 Å². The summed E-state index contributed by atoms with van der Waals surface area (Å²) >= 11 is 6.15. The molecule has 9 heteroatoms. The van der Waals surface area contributed by atoms with Crippen LogP contribution >= 0.6 is 11.6 Å². The number of aromatic nitrogens is 4. The molecule has 1 fully saturated rings. The zero-order valence-electron chi connectivity index (χ0n) is 15.8. The van der Waals surface area contributed by atoms with Gasteiger partial charge in [-0.1, -0.05) is 17.7 Å². The van der Waals surface area contributed by atoms with Gasteiger partial charge in [-0.15, -0.1) is 0 Å². The summed E-state index contributed by atoms with van der Waals surface area (Å²) in [5, 5.41) is 23.7. The molecule has 0 amide bonds. The molecular weight excluding hydrogens is 382 g/mol. The molecule has 4 heterocycles. The van der Waals surface area contributed by atoms with Crippen molar-refractivity contribution in [2.45, 2.75) is 38.4 Å². The number of hydrogen-bond donors (Lipinski definition) is 3. The van der Waals surface area contributed by atoms with Crippen LogP contribution in [-0.2, 0) is 10.3 Å². The Kier molecular flexibility index (Phi) is 6.14. The van der Waals surface area contributed by atoms with Gasteiger partial charge in [0.05, 0.1) is 47.0 Å². The lowest BCUT2D eigenvalue weighted by Crippen LogP contribution is -2.21. The van der Waals surface area contributed by atoms with Crippen LogP contribution in [-0.4, -0.2) is 49.1 Å². The molecule has 4 N–H and O–H groups in total. The molecule has 0 bridgehead atoms. The van der Waals surface area contributed by atoms with Gasteiger partial charge in [-0.25, -0.2) is 14.5 Å². The molecule has 0 spiro atoms. The predicted molar refractivity (Wildman–Crippen MR) is 107 cm³/mol. The molecule has 0 aliphatic carbocycles. The fraction of sp³-hybridized carbons (Fsp3) is 0.421. The van der Waals surface area contributed by atoms with E-state index in [0.29, 0.717) is 23.0 Å². The molecular formula is C19H24ClN5O3. The van der Waals surface area contributed by atoms with Crippen molar-refractivity contribution < 1.29 is 14.9 Å². The van der Waals surface area contributed by atoms with E-state index in [1.54, 1.807) is 24.6 Å². The van der Waals surface area contributed by atoms with E-state index >= 15 is 0 Å². The Morgan fingerprint density at radius 3 is 2.71 bits per heavy atom. The highest BCUT2D eigenvalue weighted by atomic mass is 35.5. The van der Waals surface area contributed by atoms with Gasteiger partial charge in [0.1, 0.15) is 5.60 Å². The van der Waals surface area contributed by atoms with E-state index in [1.807, 2.05) is 18.2 Å². The number of nitrogens with zero attached hydrogens (tertiary/aromatic N) is 4. The van der Waals surface area contributed by atoms with Gasteiger partial charge in [-0.05, 0) is 38.8 Å². The summed E-state index contributed by atoms with van der Waals surface area (Å²) in [6.45, 7) is 4.79.